The lowest BCUT2D eigenvalue weighted by Crippen LogP contribution is -2.45. The van der Waals surface area contributed by atoms with Gasteiger partial charge in [-0.15, -0.1) is 0 Å². The minimum absolute atomic E-state index is 0.189. The van der Waals surface area contributed by atoms with Crippen molar-refractivity contribution in [3.8, 4) is 11.4 Å². The van der Waals surface area contributed by atoms with E-state index >= 15 is 0 Å². The normalized spacial score (nSPS) is 15.9. The molecular weight excluding hydrogens is 452 g/mol. The molecule has 3 aromatic carbocycles. The number of benzene rings is 3. The summed E-state index contributed by atoms with van der Waals surface area (Å²) in [6, 6.07) is 26.9. The molecule has 1 aliphatic heterocycles. The number of hydrogen-bond acceptors (Lipinski definition) is 4. The van der Waals surface area contributed by atoms with Gasteiger partial charge in [-0.2, -0.15) is 4.98 Å². The van der Waals surface area contributed by atoms with E-state index in [4.69, 9.17) is 21.7 Å². The minimum atomic E-state index is -0.189. The summed E-state index contributed by atoms with van der Waals surface area (Å²) in [6.45, 7) is 6.96. The summed E-state index contributed by atoms with van der Waals surface area (Å²) < 4.78 is 5.87. The van der Waals surface area contributed by atoms with Crippen LogP contribution in [0.15, 0.2) is 89.1 Å². The van der Waals surface area contributed by atoms with Crippen LogP contribution in [-0.4, -0.2) is 20.2 Å². The van der Waals surface area contributed by atoms with E-state index < -0.39 is 0 Å². The SMILES string of the molecule is CCc1ccc(-c2noc(C3=C(C)N(Cc4ccccc4)C(=S)NC3c3ccc(C)cc3)n2)cc1. The first-order valence-electron chi connectivity index (χ1n) is 11.9. The van der Waals surface area contributed by atoms with E-state index in [1.54, 1.807) is 0 Å². The van der Waals surface area contributed by atoms with Gasteiger partial charge in [0.2, 0.25) is 5.82 Å². The molecule has 4 aromatic rings. The van der Waals surface area contributed by atoms with Crippen LogP contribution in [0, 0.1) is 6.92 Å². The molecule has 35 heavy (non-hydrogen) atoms. The average molecular weight is 481 g/mol. The molecule has 5 nitrogen and oxygen atoms in total. The van der Waals surface area contributed by atoms with Crippen LogP contribution in [0.25, 0.3) is 17.0 Å². The molecule has 0 amide bonds. The second-order valence-corrected chi connectivity index (χ2v) is 9.22. The van der Waals surface area contributed by atoms with Crippen LogP contribution in [0.2, 0.25) is 0 Å². The van der Waals surface area contributed by atoms with E-state index in [0.717, 1.165) is 28.8 Å². The van der Waals surface area contributed by atoms with Gasteiger partial charge in [-0.1, -0.05) is 96.5 Å². The van der Waals surface area contributed by atoms with Crippen molar-refractivity contribution in [2.24, 2.45) is 0 Å². The maximum Gasteiger partial charge on any atom is 0.258 e. The fraction of sp³-hybridized carbons (Fsp3) is 0.207. The summed E-state index contributed by atoms with van der Waals surface area (Å²) in [5.74, 6) is 1.07. The van der Waals surface area contributed by atoms with Crippen molar-refractivity contribution in [2.75, 3.05) is 0 Å². The van der Waals surface area contributed by atoms with Gasteiger partial charge < -0.3 is 14.7 Å². The number of aryl methyl sites for hydroxylation is 2. The summed E-state index contributed by atoms with van der Waals surface area (Å²) in [6.07, 6.45) is 0.991. The Bertz CT molecular complexity index is 1360. The number of aromatic nitrogens is 2. The third-order valence-electron chi connectivity index (χ3n) is 6.47. The first kappa shape index (κ1) is 23.0. The molecule has 5 rings (SSSR count). The zero-order valence-electron chi connectivity index (χ0n) is 20.2. The molecule has 176 valence electrons. The quantitative estimate of drug-likeness (QED) is 0.319. The van der Waals surface area contributed by atoms with Crippen LogP contribution >= 0.6 is 12.2 Å². The molecule has 0 saturated carbocycles. The topological polar surface area (TPSA) is 54.2 Å². The summed E-state index contributed by atoms with van der Waals surface area (Å²) in [5.41, 5.74) is 7.61. The van der Waals surface area contributed by atoms with E-state index in [9.17, 15) is 0 Å². The first-order chi connectivity index (χ1) is 17.0. The van der Waals surface area contributed by atoms with Crippen LogP contribution in [0.1, 0.15) is 48.0 Å². The highest BCUT2D eigenvalue weighted by atomic mass is 32.1. The van der Waals surface area contributed by atoms with E-state index in [1.165, 1.54) is 16.7 Å². The van der Waals surface area contributed by atoms with Crippen molar-refractivity contribution in [1.82, 2.24) is 20.4 Å². The molecule has 1 unspecified atom stereocenters. The summed E-state index contributed by atoms with van der Waals surface area (Å²) in [5, 5.41) is 8.54. The monoisotopic (exact) mass is 480 g/mol. The number of nitrogens with zero attached hydrogens (tertiary/aromatic N) is 3. The molecule has 0 fully saturated rings. The number of thiocarbonyl (C=S) groups is 1. The average Bonchev–Trinajstić information content (AvgIpc) is 3.37. The number of allylic oxidation sites excluding steroid dienone is 1. The molecule has 0 radical (unpaired) electrons. The molecular formula is C29H28N4OS. The van der Waals surface area contributed by atoms with Gasteiger partial charge in [0.05, 0.1) is 11.6 Å². The second kappa shape index (κ2) is 9.84. The van der Waals surface area contributed by atoms with Gasteiger partial charge in [0, 0.05) is 17.8 Å². The van der Waals surface area contributed by atoms with Crippen molar-refractivity contribution in [2.45, 2.75) is 39.8 Å². The van der Waals surface area contributed by atoms with Crippen LogP contribution < -0.4 is 5.32 Å². The van der Waals surface area contributed by atoms with E-state index in [0.29, 0.717) is 23.4 Å². The molecule has 2 heterocycles. The lowest BCUT2D eigenvalue weighted by atomic mass is 9.94. The van der Waals surface area contributed by atoms with Gasteiger partial charge in [-0.25, -0.2) is 0 Å². The third-order valence-corrected chi connectivity index (χ3v) is 6.81. The van der Waals surface area contributed by atoms with Crippen molar-refractivity contribution >= 4 is 22.9 Å². The Morgan fingerprint density at radius 3 is 2.31 bits per heavy atom. The molecule has 0 aliphatic carbocycles. The lowest BCUT2D eigenvalue weighted by molar-refractivity contribution is 0.396. The van der Waals surface area contributed by atoms with Gasteiger partial charge in [0.1, 0.15) is 0 Å². The second-order valence-electron chi connectivity index (χ2n) is 8.84. The summed E-state index contributed by atoms with van der Waals surface area (Å²) in [4.78, 5) is 6.93. The van der Waals surface area contributed by atoms with Gasteiger partial charge in [-0.3, -0.25) is 0 Å². The molecule has 0 saturated heterocycles. The smallest absolute Gasteiger partial charge is 0.258 e. The molecule has 1 aliphatic rings. The van der Waals surface area contributed by atoms with E-state index in [1.807, 2.05) is 30.3 Å². The van der Waals surface area contributed by atoms with E-state index in [-0.39, 0.29) is 6.04 Å². The molecule has 0 spiro atoms. The van der Waals surface area contributed by atoms with Crippen LogP contribution in [0.4, 0.5) is 0 Å². The fourth-order valence-electron chi connectivity index (χ4n) is 4.36. The van der Waals surface area contributed by atoms with E-state index in [2.05, 4.69) is 84.7 Å². The lowest BCUT2D eigenvalue weighted by Gasteiger charge is -2.37. The Hall–Kier alpha value is -3.77. The van der Waals surface area contributed by atoms with Gasteiger partial charge in [0.25, 0.3) is 5.89 Å². The summed E-state index contributed by atoms with van der Waals surface area (Å²) in [7, 11) is 0. The Morgan fingerprint density at radius 1 is 0.914 bits per heavy atom. The first-order valence-corrected chi connectivity index (χ1v) is 12.3. The van der Waals surface area contributed by atoms with Gasteiger partial charge in [0.15, 0.2) is 5.11 Å². The van der Waals surface area contributed by atoms with Crippen molar-refractivity contribution in [3.63, 3.8) is 0 Å². The van der Waals surface area contributed by atoms with Crippen molar-refractivity contribution in [1.29, 1.82) is 0 Å². The molecule has 1 atom stereocenters. The highest BCUT2D eigenvalue weighted by Gasteiger charge is 2.34. The Labute approximate surface area is 211 Å². The highest BCUT2D eigenvalue weighted by molar-refractivity contribution is 7.80. The maximum atomic E-state index is 5.87. The molecule has 0 bridgehead atoms. The Balaban J connectivity index is 1.57. The number of hydrogen-bond donors (Lipinski definition) is 1. The standard InChI is InChI=1S/C29H28N4OS/c1-4-21-12-16-24(17-13-21)27-31-28(34-32-27)25-20(3)33(18-22-8-6-5-7-9-22)29(35)30-26(25)23-14-10-19(2)11-15-23/h5-17,26H,4,18H2,1-3H3,(H,30,35). The molecule has 1 aromatic heterocycles. The van der Waals surface area contributed by atoms with Crippen LogP contribution in [0.3, 0.4) is 0 Å². The minimum Gasteiger partial charge on any atom is -0.351 e. The predicted octanol–water partition coefficient (Wildman–Crippen LogP) is 6.47. The number of rotatable bonds is 6. The van der Waals surface area contributed by atoms with Gasteiger partial charge >= 0.3 is 0 Å². The third kappa shape index (κ3) is 4.75. The summed E-state index contributed by atoms with van der Waals surface area (Å²) >= 11 is 5.83. The van der Waals surface area contributed by atoms with Crippen molar-refractivity contribution < 1.29 is 4.52 Å². The van der Waals surface area contributed by atoms with Crippen molar-refractivity contribution in [3.05, 3.63) is 113 Å². The largest absolute Gasteiger partial charge is 0.351 e. The number of nitrogens with one attached hydrogen (secondary N) is 1. The van der Waals surface area contributed by atoms with Crippen LogP contribution in [-0.2, 0) is 13.0 Å². The highest BCUT2D eigenvalue weighted by Crippen LogP contribution is 2.38. The predicted molar refractivity (Wildman–Crippen MR) is 143 cm³/mol. The zero-order valence-corrected chi connectivity index (χ0v) is 21.0. The molecule has 6 heteroatoms. The molecule has 1 N–H and O–H groups in total. The Morgan fingerprint density at radius 2 is 1.63 bits per heavy atom. The van der Waals surface area contributed by atoms with Crippen LogP contribution in [0.5, 0.6) is 0 Å². The maximum absolute atomic E-state index is 5.87. The zero-order chi connectivity index (χ0) is 24.4. The fourth-order valence-corrected chi connectivity index (χ4v) is 4.68. The van der Waals surface area contributed by atoms with Gasteiger partial charge in [-0.05, 0) is 49.2 Å². The Kier molecular flexibility index (Phi) is 6.47.